The maximum Gasteiger partial charge on any atom is 0.419 e. The van der Waals surface area contributed by atoms with Gasteiger partial charge in [0.2, 0.25) is 0 Å². The van der Waals surface area contributed by atoms with E-state index in [9.17, 15) is 26.3 Å². The number of rotatable bonds is 5. The lowest BCUT2D eigenvalue weighted by Gasteiger charge is -2.37. The van der Waals surface area contributed by atoms with Gasteiger partial charge in [-0.25, -0.2) is 13.2 Å². The second-order valence-corrected chi connectivity index (χ2v) is 9.35. The predicted octanol–water partition coefficient (Wildman–Crippen LogP) is 7.85. The molecule has 0 radical (unpaired) electrons. The van der Waals surface area contributed by atoms with Crippen molar-refractivity contribution >= 4 is 0 Å². The van der Waals surface area contributed by atoms with Crippen LogP contribution in [-0.4, -0.2) is 19.5 Å². The third-order valence-corrected chi connectivity index (χ3v) is 6.95. The molecule has 34 heavy (non-hydrogen) atoms. The van der Waals surface area contributed by atoms with Gasteiger partial charge in [-0.2, -0.15) is 13.2 Å². The van der Waals surface area contributed by atoms with Gasteiger partial charge in [0, 0.05) is 11.8 Å². The van der Waals surface area contributed by atoms with Gasteiger partial charge < -0.3 is 9.47 Å². The minimum atomic E-state index is -4.88. The van der Waals surface area contributed by atoms with E-state index in [1.54, 1.807) is 0 Å². The summed E-state index contributed by atoms with van der Waals surface area (Å²) in [5, 5.41) is 0. The Morgan fingerprint density at radius 1 is 0.853 bits per heavy atom. The van der Waals surface area contributed by atoms with Crippen LogP contribution in [0.2, 0.25) is 0 Å². The number of hydrogen-bond acceptors (Lipinski definition) is 2. The molecule has 1 saturated carbocycles. The number of benzene rings is 2. The molecular formula is C26H28F6O2. The first kappa shape index (κ1) is 25.0. The summed E-state index contributed by atoms with van der Waals surface area (Å²) in [7, 11) is 0. The maximum absolute atomic E-state index is 14.9. The van der Waals surface area contributed by atoms with Gasteiger partial charge in [-0.05, 0) is 73.4 Å². The maximum atomic E-state index is 14.9. The van der Waals surface area contributed by atoms with E-state index in [0.717, 1.165) is 44.6 Å². The first-order valence-corrected chi connectivity index (χ1v) is 11.8. The van der Waals surface area contributed by atoms with Crippen LogP contribution in [0, 0.1) is 29.3 Å². The Hall–Kier alpha value is -2.06. The highest BCUT2D eigenvalue weighted by atomic mass is 19.4. The van der Waals surface area contributed by atoms with Crippen molar-refractivity contribution < 1.29 is 35.8 Å². The van der Waals surface area contributed by atoms with E-state index in [4.69, 9.17) is 9.47 Å². The fourth-order valence-corrected chi connectivity index (χ4v) is 5.13. The molecule has 0 amide bonds. The van der Waals surface area contributed by atoms with Crippen molar-refractivity contribution in [3.63, 3.8) is 0 Å². The monoisotopic (exact) mass is 486 g/mol. The zero-order valence-corrected chi connectivity index (χ0v) is 18.9. The molecule has 186 valence electrons. The minimum Gasteiger partial charge on any atom is -0.352 e. The average Bonchev–Trinajstić information content (AvgIpc) is 2.79. The van der Waals surface area contributed by atoms with Crippen molar-refractivity contribution in [3.8, 4) is 11.1 Å². The second kappa shape index (κ2) is 10.3. The highest BCUT2D eigenvalue weighted by Crippen LogP contribution is 2.41. The molecule has 0 spiro atoms. The topological polar surface area (TPSA) is 18.5 Å². The molecule has 2 aromatic carbocycles. The summed E-state index contributed by atoms with van der Waals surface area (Å²) in [6, 6.07) is 4.32. The molecule has 2 nitrogen and oxygen atoms in total. The first-order chi connectivity index (χ1) is 16.2. The smallest absolute Gasteiger partial charge is 0.352 e. The Morgan fingerprint density at radius 3 is 2.00 bits per heavy atom. The number of hydrogen-bond donors (Lipinski definition) is 0. The van der Waals surface area contributed by atoms with Crippen LogP contribution in [0.5, 0.6) is 0 Å². The van der Waals surface area contributed by atoms with Crippen LogP contribution < -0.4 is 0 Å². The van der Waals surface area contributed by atoms with E-state index >= 15 is 0 Å². The number of alkyl halides is 3. The summed E-state index contributed by atoms with van der Waals surface area (Å²) >= 11 is 0. The normalized spacial score (nSPS) is 26.0. The summed E-state index contributed by atoms with van der Waals surface area (Å²) in [6.45, 7) is 3.52. The van der Waals surface area contributed by atoms with Crippen LogP contribution in [0.3, 0.4) is 0 Å². The van der Waals surface area contributed by atoms with Crippen LogP contribution >= 0.6 is 0 Å². The molecule has 2 aromatic rings. The van der Waals surface area contributed by atoms with Gasteiger partial charge in [0.15, 0.2) is 6.29 Å². The predicted molar refractivity (Wildman–Crippen MR) is 116 cm³/mol. The molecule has 0 N–H and O–H groups in total. The van der Waals surface area contributed by atoms with Gasteiger partial charge in [-0.15, -0.1) is 0 Å². The lowest BCUT2D eigenvalue weighted by atomic mass is 9.78. The summed E-state index contributed by atoms with van der Waals surface area (Å²) < 4.78 is 93.9. The SMILES string of the molecule is CCCC1COC(C2CCC(c3cc(F)c(-c4ccc(C(F)(F)F)c(F)c4)c(F)c3)CC2)OC1. The van der Waals surface area contributed by atoms with E-state index in [0.29, 0.717) is 36.8 Å². The lowest BCUT2D eigenvalue weighted by Crippen LogP contribution is -2.38. The van der Waals surface area contributed by atoms with E-state index in [1.807, 2.05) is 0 Å². The van der Waals surface area contributed by atoms with Crippen molar-refractivity contribution in [1.29, 1.82) is 0 Å². The summed E-state index contributed by atoms with van der Waals surface area (Å²) in [4.78, 5) is 0. The Kier molecular flexibility index (Phi) is 7.57. The third-order valence-electron chi connectivity index (χ3n) is 6.95. The van der Waals surface area contributed by atoms with Crippen LogP contribution in [-0.2, 0) is 15.7 Å². The fourth-order valence-electron chi connectivity index (χ4n) is 5.13. The van der Waals surface area contributed by atoms with Crippen molar-refractivity contribution in [1.82, 2.24) is 0 Å². The van der Waals surface area contributed by atoms with E-state index < -0.39 is 34.8 Å². The molecule has 0 bridgehead atoms. The average molecular weight is 486 g/mol. The van der Waals surface area contributed by atoms with Gasteiger partial charge in [0.05, 0.1) is 24.3 Å². The lowest BCUT2D eigenvalue weighted by molar-refractivity contribution is -0.229. The third kappa shape index (κ3) is 5.43. The first-order valence-electron chi connectivity index (χ1n) is 11.8. The molecule has 0 atom stereocenters. The van der Waals surface area contributed by atoms with Crippen LogP contribution in [0.25, 0.3) is 11.1 Å². The Bertz CT molecular complexity index is 966. The van der Waals surface area contributed by atoms with E-state index in [-0.39, 0.29) is 23.7 Å². The minimum absolute atomic E-state index is 0.0462. The molecule has 0 aromatic heterocycles. The molecule has 4 rings (SSSR count). The summed E-state index contributed by atoms with van der Waals surface area (Å²) in [6.07, 6.45) is 0.107. The quantitative estimate of drug-likeness (QED) is 0.401. The van der Waals surface area contributed by atoms with Crippen LogP contribution in [0.4, 0.5) is 26.3 Å². The Balaban J connectivity index is 1.43. The van der Waals surface area contributed by atoms with Gasteiger partial charge in [0.25, 0.3) is 0 Å². The molecule has 1 aliphatic heterocycles. The summed E-state index contributed by atoms with van der Waals surface area (Å²) in [5.74, 6) is -2.79. The molecule has 1 aliphatic carbocycles. The van der Waals surface area contributed by atoms with Crippen LogP contribution in [0.1, 0.15) is 62.5 Å². The van der Waals surface area contributed by atoms with Crippen molar-refractivity contribution in [3.05, 3.63) is 58.9 Å². The number of ether oxygens (including phenoxy) is 2. The molecule has 2 aliphatic rings. The van der Waals surface area contributed by atoms with Gasteiger partial charge in [0.1, 0.15) is 17.5 Å². The van der Waals surface area contributed by atoms with Gasteiger partial charge in [-0.1, -0.05) is 19.4 Å². The van der Waals surface area contributed by atoms with Crippen molar-refractivity contribution in [2.75, 3.05) is 13.2 Å². The Labute approximate surface area is 195 Å². The van der Waals surface area contributed by atoms with Gasteiger partial charge >= 0.3 is 6.18 Å². The summed E-state index contributed by atoms with van der Waals surface area (Å²) in [5.41, 5.74) is -1.78. The Morgan fingerprint density at radius 2 is 1.47 bits per heavy atom. The molecular weight excluding hydrogens is 458 g/mol. The zero-order valence-electron chi connectivity index (χ0n) is 18.9. The van der Waals surface area contributed by atoms with Gasteiger partial charge in [-0.3, -0.25) is 0 Å². The highest BCUT2D eigenvalue weighted by Gasteiger charge is 2.35. The highest BCUT2D eigenvalue weighted by molar-refractivity contribution is 5.66. The molecule has 2 fully saturated rings. The molecule has 0 unspecified atom stereocenters. The second-order valence-electron chi connectivity index (χ2n) is 9.35. The fraction of sp³-hybridized carbons (Fsp3) is 0.538. The largest absolute Gasteiger partial charge is 0.419 e. The molecule has 1 heterocycles. The van der Waals surface area contributed by atoms with E-state index in [1.165, 1.54) is 12.1 Å². The standard InChI is InChI=1S/C26H28F6O2/c1-2-3-15-13-33-25(34-14-15)17-6-4-16(5-7-17)19-11-22(28)24(23(29)12-19)18-8-9-20(21(27)10-18)26(30,31)32/h8-12,15-17,25H,2-7,13-14H2,1H3. The van der Waals surface area contributed by atoms with E-state index in [2.05, 4.69) is 6.92 Å². The van der Waals surface area contributed by atoms with Crippen molar-refractivity contribution in [2.45, 2.75) is 63.8 Å². The number of halogens is 6. The van der Waals surface area contributed by atoms with Crippen LogP contribution in [0.15, 0.2) is 30.3 Å². The zero-order chi connectivity index (χ0) is 24.5. The molecule has 1 saturated heterocycles. The van der Waals surface area contributed by atoms with Crippen molar-refractivity contribution in [2.24, 2.45) is 11.8 Å². The molecule has 8 heteroatoms.